The van der Waals surface area contributed by atoms with E-state index in [0.29, 0.717) is 16.9 Å². The number of phenols is 1. The van der Waals surface area contributed by atoms with Crippen LogP contribution in [-0.2, 0) is 0 Å². The summed E-state index contributed by atoms with van der Waals surface area (Å²) in [5.74, 6) is -0.0309. The van der Waals surface area contributed by atoms with Crippen LogP contribution in [0.2, 0.25) is 0 Å². The number of allylic oxidation sites excluding steroid dienone is 1. The Balaban J connectivity index is 2.32. The molecule has 21 heavy (non-hydrogen) atoms. The predicted octanol–water partition coefficient (Wildman–Crippen LogP) is 4.24. The first kappa shape index (κ1) is 14.0. The van der Waals surface area contributed by atoms with Crippen molar-refractivity contribution in [3.05, 3.63) is 59.7 Å². The Morgan fingerprint density at radius 3 is 2.29 bits per heavy atom. The molecule has 0 bridgehead atoms. The van der Waals surface area contributed by atoms with Crippen LogP contribution in [0.4, 0.5) is 11.4 Å². The van der Waals surface area contributed by atoms with Gasteiger partial charge in [0.2, 0.25) is 0 Å². The molecule has 0 fully saturated rings. The Bertz CT molecular complexity index is 764. The van der Waals surface area contributed by atoms with Crippen molar-refractivity contribution in [2.75, 3.05) is 0 Å². The number of rotatable bonds is 3. The van der Waals surface area contributed by atoms with Gasteiger partial charge in [-0.05, 0) is 36.4 Å². The summed E-state index contributed by atoms with van der Waals surface area (Å²) in [6.07, 6.45) is 1.30. The van der Waals surface area contributed by atoms with E-state index in [-0.39, 0.29) is 11.3 Å². The molecular formula is C16H10N4O. The van der Waals surface area contributed by atoms with Crippen molar-refractivity contribution >= 4 is 17.5 Å². The van der Waals surface area contributed by atoms with Crippen LogP contribution in [0.15, 0.2) is 64.3 Å². The van der Waals surface area contributed by atoms with Crippen LogP contribution in [0.3, 0.4) is 0 Å². The Morgan fingerprint density at radius 1 is 0.952 bits per heavy atom. The van der Waals surface area contributed by atoms with Crippen molar-refractivity contribution in [2.24, 2.45) is 10.2 Å². The van der Waals surface area contributed by atoms with E-state index in [9.17, 15) is 5.11 Å². The lowest BCUT2D eigenvalue weighted by molar-refractivity contribution is 0.474. The molecule has 0 saturated heterocycles. The number of aromatic hydroxyl groups is 1. The summed E-state index contributed by atoms with van der Waals surface area (Å²) in [6.45, 7) is 0. The molecule has 0 unspecified atom stereocenters. The van der Waals surface area contributed by atoms with Gasteiger partial charge in [-0.25, -0.2) is 0 Å². The Labute approximate surface area is 121 Å². The van der Waals surface area contributed by atoms with Gasteiger partial charge in [0.05, 0.1) is 11.4 Å². The highest BCUT2D eigenvalue weighted by Crippen LogP contribution is 2.26. The van der Waals surface area contributed by atoms with E-state index in [1.807, 2.05) is 30.3 Å². The molecule has 0 heterocycles. The maximum atomic E-state index is 9.72. The van der Waals surface area contributed by atoms with Crippen LogP contribution in [0.1, 0.15) is 5.56 Å². The Kier molecular flexibility index (Phi) is 4.42. The molecule has 0 atom stereocenters. The minimum atomic E-state index is -0.0950. The maximum absolute atomic E-state index is 9.72. The zero-order chi connectivity index (χ0) is 15.1. The van der Waals surface area contributed by atoms with Crippen LogP contribution in [0, 0.1) is 22.7 Å². The first-order chi connectivity index (χ1) is 10.2. The van der Waals surface area contributed by atoms with Crippen molar-refractivity contribution in [1.29, 1.82) is 10.5 Å². The molecule has 0 radical (unpaired) electrons. The van der Waals surface area contributed by atoms with Gasteiger partial charge < -0.3 is 5.11 Å². The van der Waals surface area contributed by atoms with E-state index in [2.05, 4.69) is 10.2 Å². The fourth-order valence-corrected chi connectivity index (χ4v) is 1.57. The monoisotopic (exact) mass is 274 g/mol. The van der Waals surface area contributed by atoms with E-state index < -0.39 is 0 Å². The minimum absolute atomic E-state index is 0.0309. The number of azo groups is 1. The Hall–Kier alpha value is -3.44. The summed E-state index contributed by atoms with van der Waals surface area (Å²) in [4.78, 5) is 0. The zero-order valence-electron chi connectivity index (χ0n) is 10.9. The van der Waals surface area contributed by atoms with Gasteiger partial charge in [0.15, 0.2) is 0 Å². The van der Waals surface area contributed by atoms with Crippen molar-refractivity contribution in [1.82, 2.24) is 0 Å². The highest BCUT2D eigenvalue weighted by molar-refractivity contribution is 5.68. The van der Waals surface area contributed by atoms with E-state index in [4.69, 9.17) is 10.5 Å². The SMILES string of the molecule is N#CC(C#N)=Cc1cc(N=Nc2ccccc2)ccc1O. The topological polar surface area (TPSA) is 92.5 Å². The molecule has 2 aromatic rings. The molecule has 5 nitrogen and oxygen atoms in total. The van der Waals surface area contributed by atoms with Crippen molar-refractivity contribution < 1.29 is 5.11 Å². The summed E-state index contributed by atoms with van der Waals surface area (Å²) in [6, 6.07) is 17.3. The number of benzene rings is 2. The van der Waals surface area contributed by atoms with Crippen LogP contribution < -0.4 is 0 Å². The van der Waals surface area contributed by atoms with Gasteiger partial charge in [0.1, 0.15) is 23.5 Å². The molecule has 0 aliphatic heterocycles. The van der Waals surface area contributed by atoms with Crippen LogP contribution in [-0.4, -0.2) is 5.11 Å². The molecular weight excluding hydrogens is 264 g/mol. The lowest BCUT2D eigenvalue weighted by Gasteiger charge is -2.00. The van der Waals surface area contributed by atoms with Crippen LogP contribution in [0.25, 0.3) is 6.08 Å². The van der Waals surface area contributed by atoms with E-state index in [1.54, 1.807) is 24.3 Å². The second kappa shape index (κ2) is 6.65. The minimum Gasteiger partial charge on any atom is -0.507 e. The molecule has 0 aliphatic rings. The average molecular weight is 274 g/mol. The van der Waals surface area contributed by atoms with Gasteiger partial charge in [-0.1, -0.05) is 18.2 Å². The molecule has 0 saturated carbocycles. The predicted molar refractivity (Wildman–Crippen MR) is 77.9 cm³/mol. The third kappa shape index (κ3) is 3.76. The molecule has 0 spiro atoms. The van der Waals surface area contributed by atoms with E-state index >= 15 is 0 Å². The van der Waals surface area contributed by atoms with Crippen LogP contribution >= 0.6 is 0 Å². The largest absolute Gasteiger partial charge is 0.507 e. The van der Waals surface area contributed by atoms with Crippen LogP contribution in [0.5, 0.6) is 5.75 Å². The van der Waals surface area contributed by atoms with Gasteiger partial charge in [-0.2, -0.15) is 20.8 Å². The fourth-order valence-electron chi connectivity index (χ4n) is 1.57. The Morgan fingerprint density at radius 2 is 1.62 bits per heavy atom. The summed E-state index contributed by atoms with van der Waals surface area (Å²) in [5.41, 5.74) is 1.47. The quantitative estimate of drug-likeness (QED) is 0.670. The summed E-state index contributed by atoms with van der Waals surface area (Å²) >= 11 is 0. The molecule has 0 amide bonds. The molecule has 0 aliphatic carbocycles. The number of hydrogen-bond acceptors (Lipinski definition) is 5. The van der Waals surface area contributed by atoms with E-state index in [1.165, 1.54) is 12.1 Å². The second-order valence-corrected chi connectivity index (χ2v) is 4.06. The fraction of sp³-hybridized carbons (Fsp3) is 0. The van der Waals surface area contributed by atoms with Crippen molar-refractivity contribution in [3.63, 3.8) is 0 Å². The van der Waals surface area contributed by atoms with Gasteiger partial charge in [-0.15, -0.1) is 0 Å². The summed E-state index contributed by atoms with van der Waals surface area (Å²) in [7, 11) is 0. The number of phenolic OH excluding ortho intramolecular Hbond substituents is 1. The molecule has 2 rings (SSSR count). The second-order valence-electron chi connectivity index (χ2n) is 4.06. The zero-order valence-corrected chi connectivity index (χ0v) is 10.9. The maximum Gasteiger partial charge on any atom is 0.130 e. The van der Waals surface area contributed by atoms with Gasteiger partial charge >= 0.3 is 0 Å². The first-order valence-electron chi connectivity index (χ1n) is 6.04. The molecule has 1 N–H and O–H groups in total. The van der Waals surface area contributed by atoms with Crippen molar-refractivity contribution in [2.45, 2.75) is 0 Å². The molecule has 5 heteroatoms. The smallest absolute Gasteiger partial charge is 0.130 e. The number of hydrogen-bond donors (Lipinski definition) is 1. The normalized spacial score (nSPS) is 9.81. The van der Waals surface area contributed by atoms with Gasteiger partial charge in [0, 0.05) is 5.56 Å². The van der Waals surface area contributed by atoms with Crippen molar-refractivity contribution in [3.8, 4) is 17.9 Å². The number of nitriles is 2. The average Bonchev–Trinajstić information content (AvgIpc) is 2.53. The number of nitrogens with zero attached hydrogens (tertiary/aromatic N) is 4. The standard InChI is InChI=1S/C16H10N4O/c17-10-12(11-18)8-13-9-15(6-7-16(13)21)20-19-14-4-2-1-3-5-14/h1-9,21H. The van der Waals surface area contributed by atoms with Gasteiger partial charge in [0.25, 0.3) is 0 Å². The van der Waals surface area contributed by atoms with E-state index in [0.717, 1.165) is 0 Å². The first-order valence-corrected chi connectivity index (χ1v) is 6.04. The van der Waals surface area contributed by atoms with Gasteiger partial charge in [-0.3, -0.25) is 0 Å². The summed E-state index contributed by atoms with van der Waals surface area (Å²) < 4.78 is 0. The third-order valence-electron chi connectivity index (χ3n) is 2.59. The lowest BCUT2D eigenvalue weighted by atomic mass is 10.1. The molecule has 0 aromatic heterocycles. The third-order valence-corrected chi connectivity index (χ3v) is 2.59. The lowest BCUT2D eigenvalue weighted by Crippen LogP contribution is -1.78. The molecule has 100 valence electrons. The molecule has 2 aromatic carbocycles. The highest BCUT2D eigenvalue weighted by atomic mass is 16.3. The highest BCUT2D eigenvalue weighted by Gasteiger charge is 2.02. The summed E-state index contributed by atoms with van der Waals surface area (Å²) in [5, 5.41) is 35.3.